The van der Waals surface area contributed by atoms with Crippen molar-refractivity contribution < 1.29 is 19.4 Å². The van der Waals surface area contributed by atoms with Gasteiger partial charge in [0.1, 0.15) is 6.61 Å². The third-order valence-electron chi connectivity index (χ3n) is 4.41. The van der Waals surface area contributed by atoms with E-state index < -0.39 is 12.0 Å². The number of ether oxygens (including phenoxy) is 2. The number of aromatic hydroxyl groups is 1. The van der Waals surface area contributed by atoms with Gasteiger partial charge in [0.2, 0.25) is 12.0 Å². The van der Waals surface area contributed by atoms with Crippen LogP contribution in [0.5, 0.6) is 17.4 Å². The maximum absolute atomic E-state index is 12.4. The van der Waals surface area contributed by atoms with Crippen LogP contribution in [0.1, 0.15) is 19.9 Å². The third-order valence-corrected chi connectivity index (χ3v) is 4.41. The van der Waals surface area contributed by atoms with Crippen LogP contribution in [0.3, 0.4) is 0 Å². The second-order valence-electron chi connectivity index (χ2n) is 6.56. The Kier molecular flexibility index (Phi) is 4.27. The number of carbonyl (C=O) groups is 1. The molecule has 27 heavy (non-hydrogen) atoms. The number of nitrogens with zero attached hydrogens (tertiary/aromatic N) is 3. The Bertz CT molecular complexity index is 1040. The minimum Gasteiger partial charge on any atom is -0.493 e. The van der Waals surface area contributed by atoms with Crippen LogP contribution in [0.25, 0.3) is 10.9 Å². The van der Waals surface area contributed by atoms with E-state index in [0.717, 1.165) is 10.9 Å². The van der Waals surface area contributed by atoms with Gasteiger partial charge in [-0.1, -0.05) is 30.3 Å². The number of azo groups is 1. The number of amides is 1. The Morgan fingerprint density at radius 3 is 2.63 bits per heavy atom. The van der Waals surface area contributed by atoms with E-state index >= 15 is 0 Å². The average molecular weight is 365 g/mol. The zero-order valence-electron chi connectivity index (χ0n) is 15.0. The lowest BCUT2D eigenvalue weighted by Gasteiger charge is -2.23. The molecule has 0 aliphatic carbocycles. The predicted molar refractivity (Wildman–Crippen MR) is 99.9 cm³/mol. The Balaban J connectivity index is 1.62. The number of hydrogen-bond donors (Lipinski definition) is 1. The number of rotatable bonds is 3. The van der Waals surface area contributed by atoms with E-state index in [4.69, 9.17) is 9.47 Å². The highest BCUT2D eigenvalue weighted by Gasteiger charge is 2.27. The normalized spacial score (nSPS) is 16.3. The lowest BCUT2D eigenvalue weighted by atomic mass is 10.2. The van der Waals surface area contributed by atoms with Gasteiger partial charge in [0.15, 0.2) is 17.2 Å². The van der Waals surface area contributed by atoms with Crippen LogP contribution < -0.4 is 9.47 Å². The van der Waals surface area contributed by atoms with Gasteiger partial charge in [-0.3, -0.25) is 4.79 Å². The number of hydrogen-bond acceptors (Lipinski definition) is 5. The predicted octanol–water partition coefficient (Wildman–Crippen LogP) is 4.38. The van der Waals surface area contributed by atoms with Gasteiger partial charge in [0.25, 0.3) is 0 Å². The van der Waals surface area contributed by atoms with Gasteiger partial charge < -0.3 is 19.1 Å². The molecule has 0 bridgehead atoms. The molecule has 0 radical (unpaired) electrons. The van der Waals surface area contributed by atoms with Crippen molar-refractivity contribution >= 4 is 22.5 Å². The SMILES string of the molecule is CC(C)n1c(O)c(N=NC(=O)[C@H]2COc3ccccc3O2)c2ccccc21. The highest BCUT2D eigenvalue weighted by molar-refractivity contribution is 5.95. The molecule has 7 heteroatoms. The molecule has 2 heterocycles. The minimum absolute atomic E-state index is 0.0195. The summed E-state index contributed by atoms with van der Waals surface area (Å²) in [5, 5.41) is 19.1. The van der Waals surface area contributed by atoms with Crippen LogP contribution in [0.4, 0.5) is 5.69 Å². The summed E-state index contributed by atoms with van der Waals surface area (Å²) in [7, 11) is 0. The lowest BCUT2D eigenvalue weighted by Crippen LogP contribution is -2.35. The molecule has 1 N–H and O–H groups in total. The number of benzene rings is 2. The molecular formula is C20H19N3O4. The number of carbonyl (C=O) groups excluding carboxylic acids is 1. The molecule has 0 spiro atoms. The molecule has 138 valence electrons. The van der Waals surface area contributed by atoms with E-state index in [1.807, 2.05) is 44.2 Å². The van der Waals surface area contributed by atoms with Crippen LogP contribution in [0.15, 0.2) is 58.8 Å². The molecule has 0 unspecified atom stereocenters. The molecule has 1 aliphatic heterocycles. The molecule has 4 rings (SSSR count). The van der Waals surface area contributed by atoms with Gasteiger partial charge in [-0.25, -0.2) is 0 Å². The summed E-state index contributed by atoms with van der Waals surface area (Å²) in [6.45, 7) is 3.99. The van der Waals surface area contributed by atoms with Crippen LogP contribution in [-0.4, -0.2) is 28.3 Å². The Morgan fingerprint density at radius 1 is 1.15 bits per heavy atom. The summed E-state index contributed by atoms with van der Waals surface area (Å²) in [6.07, 6.45) is -0.871. The Morgan fingerprint density at radius 2 is 1.85 bits per heavy atom. The van der Waals surface area contributed by atoms with Crippen molar-refractivity contribution in [2.24, 2.45) is 10.2 Å². The van der Waals surface area contributed by atoms with Gasteiger partial charge in [-0.2, -0.15) is 0 Å². The first kappa shape index (κ1) is 17.1. The van der Waals surface area contributed by atoms with E-state index in [1.165, 1.54) is 0 Å². The smallest absolute Gasteiger partial charge is 0.308 e. The van der Waals surface area contributed by atoms with Crippen LogP contribution in [-0.2, 0) is 4.79 Å². The van der Waals surface area contributed by atoms with Crippen molar-refractivity contribution in [3.05, 3.63) is 48.5 Å². The topological polar surface area (TPSA) is 85.4 Å². The minimum atomic E-state index is -0.871. The van der Waals surface area contributed by atoms with E-state index in [2.05, 4.69) is 10.2 Å². The first-order chi connectivity index (χ1) is 13.1. The Hall–Kier alpha value is -3.35. The van der Waals surface area contributed by atoms with Crippen molar-refractivity contribution in [1.29, 1.82) is 0 Å². The summed E-state index contributed by atoms with van der Waals surface area (Å²) in [5.74, 6) is 0.506. The fraction of sp³-hybridized carbons (Fsp3) is 0.250. The van der Waals surface area contributed by atoms with Crippen LogP contribution in [0.2, 0.25) is 0 Å². The maximum Gasteiger partial charge on any atom is 0.308 e. The fourth-order valence-corrected chi connectivity index (χ4v) is 3.16. The fourth-order valence-electron chi connectivity index (χ4n) is 3.16. The van der Waals surface area contributed by atoms with Gasteiger partial charge in [0, 0.05) is 11.4 Å². The highest BCUT2D eigenvalue weighted by atomic mass is 16.6. The summed E-state index contributed by atoms with van der Waals surface area (Å²) in [4.78, 5) is 12.4. The average Bonchev–Trinajstić information content (AvgIpc) is 2.97. The van der Waals surface area contributed by atoms with E-state index in [-0.39, 0.29) is 24.2 Å². The lowest BCUT2D eigenvalue weighted by molar-refractivity contribution is -0.127. The van der Waals surface area contributed by atoms with Gasteiger partial charge in [-0.15, -0.1) is 10.2 Å². The standard InChI is InChI=1S/C20H19N3O4/c1-12(2)23-14-8-4-3-7-13(14)18(20(23)25)21-22-19(24)17-11-26-15-9-5-6-10-16(15)27-17/h3-10,12,17,25H,11H2,1-2H3/t17-/m1/s1. The molecule has 1 amide bonds. The van der Waals surface area contributed by atoms with Crippen molar-refractivity contribution in [3.8, 4) is 17.4 Å². The molecular weight excluding hydrogens is 346 g/mol. The first-order valence-electron chi connectivity index (χ1n) is 8.72. The van der Waals surface area contributed by atoms with Gasteiger partial charge >= 0.3 is 5.91 Å². The van der Waals surface area contributed by atoms with Crippen molar-refractivity contribution in [3.63, 3.8) is 0 Å². The third kappa shape index (κ3) is 3.01. The largest absolute Gasteiger partial charge is 0.493 e. The van der Waals surface area contributed by atoms with Crippen molar-refractivity contribution in [2.45, 2.75) is 26.0 Å². The zero-order valence-corrected chi connectivity index (χ0v) is 15.0. The molecule has 0 saturated heterocycles. The van der Waals surface area contributed by atoms with E-state index in [9.17, 15) is 9.90 Å². The zero-order chi connectivity index (χ0) is 19.0. The molecule has 2 aromatic carbocycles. The van der Waals surface area contributed by atoms with Crippen LogP contribution in [0, 0.1) is 0 Å². The molecule has 1 atom stereocenters. The second kappa shape index (κ2) is 6.75. The molecule has 0 fully saturated rings. The number of fused-ring (bicyclic) bond motifs is 2. The molecule has 3 aromatic rings. The van der Waals surface area contributed by atoms with Crippen molar-refractivity contribution in [2.75, 3.05) is 6.61 Å². The molecule has 1 aliphatic rings. The summed E-state index contributed by atoms with van der Waals surface area (Å²) in [5.41, 5.74) is 1.10. The van der Waals surface area contributed by atoms with Crippen molar-refractivity contribution in [1.82, 2.24) is 4.57 Å². The highest BCUT2D eigenvalue weighted by Crippen LogP contribution is 2.40. The molecule has 7 nitrogen and oxygen atoms in total. The summed E-state index contributed by atoms with van der Waals surface area (Å²) < 4.78 is 12.9. The summed E-state index contributed by atoms with van der Waals surface area (Å²) in [6, 6.07) is 14.6. The van der Waals surface area contributed by atoms with Crippen LogP contribution >= 0.6 is 0 Å². The molecule has 0 saturated carbocycles. The van der Waals surface area contributed by atoms with Gasteiger partial charge in [0.05, 0.1) is 5.52 Å². The maximum atomic E-state index is 12.4. The second-order valence-corrected chi connectivity index (χ2v) is 6.56. The summed E-state index contributed by atoms with van der Waals surface area (Å²) >= 11 is 0. The van der Waals surface area contributed by atoms with Gasteiger partial charge in [-0.05, 0) is 32.0 Å². The van der Waals surface area contributed by atoms with E-state index in [0.29, 0.717) is 11.5 Å². The monoisotopic (exact) mass is 365 g/mol. The molecule has 1 aromatic heterocycles. The Labute approximate surface area is 155 Å². The first-order valence-corrected chi connectivity index (χ1v) is 8.72. The number of para-hydroxylation sites is 3. The number of aromatic nitrogens is 1. The van der Waals surface area contributed by atoms with E-state index in [1.54, 1.807) is 22.8 Å². The quantitative estimate of drug-likeness (QED) is 0.698.